The zero-order valence-electron chi connectivity index (χ0n) is 7.74. The summed E-state index contributed by atoms with van der Waals surface area (Å²) in [5, 5.41) is 8.66. The molecular formula is C9H12N2O2. The fourth-order valence-corrected chi connectivity index (χ4v) is 1.24. The summed E-state index contributed by atoms with van der Waals surface area (Å²) < 4.78 is 0. The number of carboxylic acid groups (broad SMARTS) is 1. The van der Waals surface area contributed by atoms with Gasteiger partial charge in [0.25, 0.3) is 0 Å². The summed E-state index contributed by atoms with van der Waals surface area (Å²) in [5.41, 5.74) is 2.33. The molecular weight excluding hydrogens is 168 g/mol. The summed E-state index contributed by atoms with van der Waals surface area (Å²) in [6, 6.07) is 0. The molecule has 0 aliphatic heterocycles. The van der Waals surface area contributed by atoms with E-state index >= 15 is 0 Å². The Bertz CT molecular complexity index is 323. The van der Waals surface area contributed by atoms with Gasteiger partial charge in [0, 0.05) is 17.0 Å². The van der Waals surface area contributed by atoms with Gasteiger partial charge in [0.2, 0.25) is 0 Å². The molecule has 1 aromatic heterocycles. The Labute approximate surface area is 76.7 Å². The maximum atomic E-state index is 10.5. The number of nitrogens with zero attached hydrogens (tertiary/aromatic N) is 2. The molecule has 0 atom stereocenters. The first-order valence-electron chi connectivity index (χ1n) is 4.16. The molecule has 0 unspecified atom stereocenters. The Morgan fingerprint density at radius 2 is 2.23 bits per heavy atom. The Kier molecular flexibility index (Phi) is 2.95. The largest absolute Gasteiger partial charge is 0.481 e. The molecule has 0 amide bonds. The van der Waals surface area contributed by atoms with Crippen LogP contribution in [-0.4, -0.2) is 21.0 Å². The lowest BCUT2D eigenvalue weighted by Gasteiger charge is -2.06. The molecule has 0 spiro atoms. The van der Waals surface area contributed by atoms with Crippen LogP contribution >= 0.6 is 0 Å². The number of carbonyl (C=O) groups is 1. The van der Waals surface area contributed by atoms with Crippen molar-refractivity contribution in [1.29, 1.82) is 0 Å². The maximum absolute atomic E-state index is 10.5. The predicted octanol–water partition coefficient (Wildman–Crippen LogP) is 0.975. The lowest BCUT2D eigenvalue weighted by Crippen LogP contribution is -2.08. The molecule has 0 aliphatic rings. The van der Waals surface area contributed by atoms with E-state index in [0.29, 0.717) is 0 Å². The number of aryl methyl sites for hydroxylation is 2. The van der Waals surface area contributed by atoms with Crippen molar-refractivity contribution in [2.24, 2.45) is 0 Å². The van der Waals surface area contributed by atoms with Crippen molar-refractivity contribution in [2.45, 2.75) is 26.7 Å². The van der Waals surface area contributed by atoms with E-state index in [4.69, 9.17) is 5.11 Å². The second kappa shape index (κ2) is 3.98. The van der Waals surface area contributed by atoms with Crippen LogP contribution in [0.2, 0.25) is 0 Å². The number of rotatable bonds is 3. The third kappa shape index (κ3) is 2.24. The van der Waals surface area contributed by atoms with Gasteiger partial charge in [-0.2, -0.15) is 0 Å². The van der Waals surface area contributed by atoms with E-state index in [1.165, 1.54) is 6.33 Å². The van der Waals surface area contributed by atoms with E-state index in [9.17, 15) is 4.79 Å². The standard InChI is InChI=1S/C9H12N2O2/c1-3-8-7(4-9(12)13)6(2)10-5-11-8/h5H,3-4H2,1-2H3,(H,12,13). The molecule has 13 heavy (non-hydrogen) atoms. The maximum Gasteiger partial charge on any atom is 0.307 e. The SMILES string of the molecule is CCc1ncnc(C)c1CC(=O)O. The molecule has 1 aromatic rings. The first-order chi connectivity index (χ1) is 6.15. The number of hydrogen-bond donors (Lipinski definition) is 1. The smallest absolute Gasteiger partial charge is 0.307 e. The monoisotopic (exact) mass is 180 g/mol. The van der Waals surface area contributed by atoms with Gasteiger partial charge in [-0.25, -0.2) is 9.97 Å². The average molecular weight is 180 g/mol. The quantitative estimate of drug-likeness (QED) is 0.753. The van der Waals surface area contributed by atoms with Gasteiger partial charge in [-0.05, 0) is 13.3 Å². The van der Waals surface area contributed by atoms with Crippen molar-refractivity contribution in [3.8, 4) is 0 Å². The highest BCUT2D eigenvalue weighted by molar-refractivity contribution is 5.70. The summed E-state index contributed by atoms with van der Waals surface area (Å²) in [4.78, 5) is 18.5. The van der Waals surface area contributed by atoms with Gasteiger partial charge >= 0.3 is 5.97 Å². The molecule has 0 aromatic carbocycles. The van der Waals surface area contributed by atoms with Crippen LogP contribution < -0.4 is 0 Å². The van der Waals surface area contributed by atoms with Gasteiger partial charge in [-0.3, -0.25) is 4.79 Å². The second-order valence-electron chi connectivity index (χ2n) is 2.81. The fourth-order valence-electron chi connectivity index (χ4n) is 1.24. The number of aromatic nitrogens is 2. The molecule has 1 heterocycles. The highest BCUT2D eigenvalue weighted by Gasteiger charge is 2.09. The van der Waals surface area contributed by atoms with Crippen LogP contribution in [0.1, 0.15) is 23.9 Å². The van der Waals surface area contributed by atoms with Crippen molar-refractivity contribution in [3.63, 3.8) is 0 Å². The van der Waals surface area contributed by atoms with Crippen LogP contribution in [0.4, 0.5) is 0 Å². The molecule has 70 valence electrons. The first kappa shape index (κ1) is 9.64. The Morgan fingerprint density at radius 3 is 2.77 bits per heavy atom. The summed E-state index contributed by atoms with van der Waals surface area (Å²) in [6.45, 7) is 3.76. The highest BCUT2D eigenvalue weighted by atomic mass is 16.4. The molecule has 1 rings (SSSR count). The van der Waals surface area contributed by atoms with E-state index in [1.54, 1.807) is 6.92 Å². The van der Waals surface area contributed by atoms with Crippen molar-refractivity contribution < 1.29 is 9.90 Å². The fraction of sp³-hybridized carbons (Fsp3) is 0.444. The lowest BCUT2D eigenvalue weighted by molar-refractivity contribution is -0.136. The molecule has 0 saturated heterocycles. The van der Waals surface area contributed by atoms with E-state index in [1.807, 2.05) is 6.92 Å². The summed E-state index contributed by atoms with van der Waals surface area (Å²) in [5.74, 6) is -0.840. The van der Waals surface area contributed by atoms with Gasteiger partial charge in [0.05, 0.1) is 6.42 Å². The molecule has 1 N–H and O–H groups in total. The minimum atomic E-state index is -0.840. The van der Waals surface area contributed by atoms with Crippen molar-refractivity contribution in [2.75, 3.05) is 0 Å². The molecule has 0 aliphatic carbocycles. The molecule has 4 heteroatoms. The topological polar surface area (TPSA) is 63.1 Å². The van der Waals surface area contributed by atoms with Crippen LogP contribution in [0.5, 0.6) is 0 Å². The third-order valence-corrected chi connectivity index (χ3v) is 1.91. The van der Waals surface area contributed by atoms with Crippen LogP contribution in [0.15, 0.2) is 6.33 Å². The van der Waals surface area contributed by atoms with Gasteiger partial charge in [0.1, 0.15) is 6.33 Å². The molecule has 0 fully saturated rings. The molecule has 0 bridgehead atoms. The summed E-state index contributed by atoms with van der Waals surface area (Å²) in [6.07, 6.45) is 2.22. The van der Waals surface area contributed by atoms with E-state index in [2.05, 4.69) is 9.97 Å². The van der Waals surface area contributed by atoms with E-state index < -0.39 is 5.97 Å². The number of hydrogen-bond acceptors (Lipinski definition) is 3. The van der Waals surface area contributed by atoms with Gasteiger partial charge in [0.15, 0.2) is 0 Å². The van der Waals surface area contributed by atoms with Gasteiger partial charge in [-0.15, -0.1) is 0 Å². The molecule has 0 saturated carbocycles. The zero-order valence-corrected chi connectivity index (χ0v) is 7.74. The average Bonchev–Trinajstić information content (AvgIpc) is 2.08. The second-order valence-corrected chi connectivity index (χ2v) is 2.81. The van der Waals surface area contributed by atoms with Crippen LogP contribution in [0, 0.1) is 6.92 Å². The van der Waals surface area contributed by atoms with Crippen LogP contribution in [-0.2, 0) is 17.6 Å². The molecule has 4 nitrogen and oxygen atoms in total. The van der Waals surface area contributed by atoms with Gasteiger partial charge < -0.3 is 5.11 Å². The van der Waals surface area contributed by atoms with Gasteiger partial charge in [-0.1, -0.05) is 6.92 Å². The Balaban J connectivity index is 3.07. The minimum Gasteiger partial charge on any atom is -0.481 e. The third-order valence-electron chi connectivity index (χ3n) is 1.91. The minimum absolute atomic E-state index is 0.00977. The van der Waals surface area contributed by atoms with Crippen LogP contribution in [0.25, 0.3) is 0 Å². The normalized spacial score (nSPS) is 10.0. The van der Waals surface area contributed by atoms with Crippen molar-refractivity contribution in [1.82, 2.24) is 9.97 Å². The highest BCUT2D eigenvalue weighted by Crippen LogP contribution is 2.10. The molecule has 0 radical (unpaired) electrons. The predicted molar refractivity (Wildman–Crippen MR) is 47.5 cm³/mol. The summed E-state index contributed by atoms with van der Waals surface area (Å²) in [7, 11) is 0. The Hall–Kier alpha value is -1.45. The van der Waals surface area contributed by atoms with E-state index in [0.717, 1.165) is 23.4 Å². The Morgan fingerprint density at radius 1 is 1.54 bits per heavy atom. The first-order valence-corrected chi connectivity index (χ1v) is 4.16. The number of carboxylic acids is 1. The zero-order chi connectivity index (χ0) is 9.84. The number of aliphatic carboxylic acids is 1. The van der Waals surface area contributed by atoms with E-state index in [-0.39, 0.29) is 6.42 Å². The lowest BCUT2D eigenvalue weighted by atomic mass is 10.1. The summed E-state index contributed by atoms with van der Waals surface area (Å²) >= 11 is 0. The van der Waals surface area contributed by atoms with Crippen molar-refractivity contribution in [3.05, 3.63) is 23.3 Å². The van der Waals surface area contributed by atoms with Crippen LogP contribution in [0.3, 0.4) is 0 Å². The van der Waals surface area contributed by atoms with Crippen molar-refractivity contribution >= 4 is 5.97 Å².